The number of thioether (sulfide) groups is 1. The molecule has 0 bridgehead atoms. The van der Waals surface area contributed by atoms with Gasteiger partial charge in [0.05, 0.1) is 0 Å². The van der Waals surface area contributed by atoms with Gasteiger partial charge in [0, 0.05) is 34.6 Å². The molecule has 108 valence electrons. The molecule has 2 heterocycles. The molecule has 0 saturated carbocycles. The van der Waals surface area contributed by atoms with Gasteiger partial charge in [-0.05, 0) is 25.0 Å². The summed E-state index contributed by atoms with van der Waals surface area (Å²) in [5.74, 6) is -1.17. The lowest BCUT2D eigenvalue weighted by Gasteiger charge is -2.15. The summed E-state index contributed by atoms with van der Waals surface area (Å²) in [4.78, 5) is 24.0. The third-order valence-corrected chi connectivity index (χ3v) is 4.99. The Balaban J connectivity index is 1.85. The second-order valence-electron chi connectivity index (χ2n) is 5.20. The number of carboxylic acid groups (broad SMARTS) is 1. The molecule has 0 amide bonds. The quantitative estimate of drug-likeness (QED) is 0.946. The lowest BCUT2D eigenvalue weighted by molar-refractivity contribution is 0.0694. The molecule has 0 saturated heterocycles. The molecule has 1 aliphatic rings. The highest BCUT2D eigenvalue weighted by Crippen LogP contribution is 2.37. The van der Waals surface area contributed by atoms with Crippen molar-refractivity contribution in [3.05, 3.63) is 63.6 Å². The molecule has 0 radical (unpaired) electrons. The molecule has 5 heteroatoms. The molecule has 0 fully saturated rings. The molecule has 0 spiro atoms. The zero-order valence-corrected chi connectivity index (χ0v) is 12.4. The maximum atomic E-state index is 11.7. The van der Waals surface area contributed by atoms with E-state index in [1.165, 1.54) is 22.7 Å². The number of hydrogen-bond acceptors (Lipinski definition) is 3. The summed E-state index contributed by atoms with van der Waals surface area (Å²) in [5.41, 5.74) is 1.53. The van der Waals surface area contributed by atoms with Crippen LogP contribution in [0.1, 0.15) is 21.6 Å². The van der Waals surface area contributed by atoms with Crippen LogP contribution in [-0.2, 0) is 13.0 Å². The Bertz CT molecular complexity index is 741. The van der Waals surface area contributed by atoms with E-state index >= 15 is 0 Å². The predicted octanol–water partition coefficient (Wildman–Crippen LogP) is 2.57. The van der Waals surface area contributed by atoms with Crippen LogP contribution in [0.4, 0.5) is 0 Å². The summed E-state index contributed by atoms with van der Waals surface area (Å²) in [5, 5.41) is 9.43. The average Bonchev–Trinajstić information content (AvgIpc) is 2.83. The van der Waals surface area contributed by atoms with E-state index in [-0.39, 0.29) is 5.56 Å². The standard InChI is InChI=1S/C16H15NO3S/c1-10-6-14(18)13(16(19)20)9-17(10)8-12-7-11-4-2-3-5-15(11)21-12/h2-6,9,12H,7-8H2,1H3,(H,19,20). The first-order valence-electron chi connectivity index (χ1n) is 6.73. The fourth-order valence-electron chi connectivity index (χ4n) is 2.60. The molecule has 1 unspecified atom stereocenters. The smallest absolute Gasteiger partial charge is 0.341 e. The van der Waals surface area contributed by atoms with Gasteiger partial charge in [0.1, 0.15) is 5.56 Å². The zero-order valence-electron chi connectivity index (χ0n) is 11.6. The third kappa shape index (κ3) is 2.74. The molecule has 4 nitrogen and oxygen atoms in total. The van der Waals surface area contributed by atoms with E-state index in [0.717, 1.165) is 12.1 Å². The van der Waals surface area contributed by atoms with Crippen molar-refractivity contribution in [2.75, 3.05) is 0 Å². The zero-order chi connectivity index (χ0) is 15.0. The maximum absolute atomic E-state index is 11.7. The molecular formula is C16H15NO3S. The summed E-state index contributed by atoms with van der Waals surface area (Å²) in [6.07, 6.45) is 2.43. The van der Waals surface area contributed by atoms with Crippen LogP contribution >= 0.6 is 11.8 Å². The molecule has 0 aliphatic carbocycles. The molecule has 2 aromatic rings. The van der Waals surface area contributed by atoms with Crippen molar-refractivity contribution in [2.45, 2.75) is 30.0 Å². The lowest BCUT2D eigenvalue weighted by atomic mass is 10.1. The molecular weight excluding hydrogens is 286 g/mol. The van der Waals surface area contributed by atoms with E-state index < -0.39 is 11.4 Å². The van der Waals surface area contributed by atoms with Gasteiger partial charge in [-0.1, -0.05) is 18.2 Å². The van der Waals surface area contributed by atoms with E-state index in [2.05, 4.69) is 12.1 Å². The average molecular weight is 301 g/mol. The Labute approximate surface area is 126 Å². The Hall–Kier alpha value is -2.01. The van der Waals surface area contributed by atoms with E-state index in [9.17, 15) is 9.59 Å². The van der Waals surface area contributed by atoms with E-state index in [1.807, 2.05) is 35.4 Å². The van der Waals surface area contributed by atoms with Crippen LogP contribution in [0, 0.1) is 6.92 Å². The lowest BCUT2D eigenvalue weighted by Crippen LogP contribution is -2.22. The minimum atomic E-state index is -1.17. The highest BCUT2D eigenvalue weighted by molar-refractivity contribution is 8.00. The topological polar surface area (TPSA) is 59.3 Å². The van der Waals surface area contributed by atoms with Gasteiger partial charge >= 0.3 is 5.97 Å². The van der Waals surface area contributed by atoms with Crippen LogP contribution in [0.5, 0.6) is 0 Å². The van der Waals surface area contributed by atoms with Crippen LogP contribution in [0.25, 0.3) is 0 Å². The van der Waals surface area contributed by atoms with Gasteiger partial charge < -0.3 is 9.67 Å². The van der Waals surface area contributed by atoms with E-state index in [0.29, 0.717) is 11.8 Å². The van der Waals surface area contributed by atoms with Crippen LogP contribution in [-0.4, -0.2) is 20.9 Å². The van der Waals surface area contributed by atoms with E-state index in [1.54, 1.807) is 0 Å². The molecule has 1 aliphatic heterocycles. The Kier molecular flexibility index (Phi) is 3.59. The molecule has 1 aromatic heterocycles. The third-order valence-electron chi connectivity index (χ3n) is 3.69. The number of aryl methyl sites for hydroxylation is 1. The van der Waals surface area contributed by atoms with Crippen molar-refractivity contribution in [3.8, 4) is 0 Å². The van der Waals surface area contributed by atoms with Crippen molar-refractivity contribution in [3.63, 3.8) is 0 Å². The van der Waals surface area contributed by atoms with Gasteiger partial charge in [0.25, 0.3) is 0 Å². The van der Waals surface area contributed by atoms with Crippen LogP contribution in [0.2, 0.25) is 0 Å². The maximum Gasteiger partial charge on any atom is 0.341 e. The number of aromatic carboxylic acids is 1. The van der Waals surface area contributed by atoms with Crippen molar-refractivity contribution >= 4 is 17.7 Å². The molecule has 3 rings (SSSR count). The van der Waals surface area contributed by atoms with Crippen molar-refractivity contribution in [2.24, 2.45) is 0 Å². The number of nitrogens with zero attached hydrogens (tertiary/aromatic N) is 1. The number of carbonyl (C=O) groups is 1. The second-order valence-corrected chi connectivity index (χ2v) is 6.54. The number of hydrogen-bond donors (Lipinski definition) is 1. The summed E-state index contributed by atoms with van der Waals surface area (Å²) >= 11 is 1.81. The monoisotopic (exact) mass is 301 g/mol. The minimum absolute atomic E-state index is 0.166. The van der Waals surface area contributed by atoms with Crippen LogP contribution < -0.4 is 5.43 Å². The summed E-state index contributed by atoms with van der Waals surface area (Å²) in [6.45, 7) is 2.53. The number of aromatic nitrogens is 1. The van der Waals surface area contributed by atoms with Gasteiger partial charge in [-0.2, -0.15) is 0 Å². The minimum Gasteiger partial charge on any atom is -0.477 e. The molecule has 1 atom stereocenters. The molecule has 21 heavy (non-hydrogen) atoms. The van der Waals surface area contributed by atoms with Gasteiger partial charge in [-0.25, -0.2) is 4.79 Å². The summed E-state index contributed by atoms with van der Waals surface area (Å²) < 4.78 is 1.87. The fourth-order valence-corrected chi connectivity index (χ4v) is 3.92. The first-order valence-corrected chi connectivity index (χ1v) is 7.61. The SMILES string of the molecule is Cc1cc(=O)c(C(=O)O)cn1CC1Cc2ccccc2S1. The van der Waals surface area contributed by atoms with Crippen molar-refractivity contribution in [1.29, 1.82) is 0 Å². The second kappa shape index (κ2) is 5.41. The van der Waals surface area contributed by atoms with Crippen LogP contribution in [0.3, 0.4) is 0 Å². The van der Waals surface area contributed by atoms with Crippen molar-refractivity contribution in [1.82, 2.24) is 4.57 Å². The number of carboxylic acids is 1. The van der Waals surface area contributed by atoms with Gasteiger partial charge in [0.15, 0.2) is 5.43 Å². The van der Waals surface area contributed by atoms with Crippen molar-refractivity contribution < 1.29 is 9.90 Å². The molecule has 1 N–H and O–H groups in total. The normalized spacial score (nSPS) is 16.7. The first-order chi connectivity index (χ1) is 10.0. The Morgan fingerprint density at radius 2 is 2.19 bits per heavy atom. The van der Waals surface area contributed by atoms with E-state index in [4.69, 9.17) is 5.11 Å². The first kappa shape index (κ1) is 13.9. The summed E-state index contributed by atoms with van der Waals surface area (Å²) in [6, 6.07) is 9.71. The van der Waals surface area contributed by atoms with Crippen LogP contribution in [0.15, 0.2) is 46.2 Å². The van der Waals surface area contributed by atoms with Gasteiger partial charge in [-0.15, -0.1) is 11.8 Å². The van der Waals surface area contributed by atoms with Gasteiger partial charge in [0.2, 0.25) is 0 Å². The highest BCUT2D eigenvalue weighted by Gasteiger charge is 2.22. The largest absolute Gasteiger partial charge is 0.477 e. The van der Waals surface area contributed by atoms with Gasteiger partial charge in [-0.3, -0.25) is 4.79 Å². The predicted molar refractivity (Wildman–Crippen MR) is 82.2 cm³/mol. The summed E-state index contributed by atoms with van der Waals surface area (Å²) in [7, 11) is 0. The molecule has 1 aromatic carbocycles. The number of pyridine rings is 1. The number of rotatable bonds is 3. The number of fused-ring (bicyclic) bond motifs is 1. The fraction of sp³-hybridized carbons (Fsp3) is 0.250. The Morgan fingerprint density at radius 3 is 2.90 bits per heavy atom. The Morgan fingerprint density at radius 1 is 1.43 bits per heavy atom. The highest BCUT2D eigenvalue weighted by atomic mass is 32.2. The number of benzene rings is 1.